The average molecular weight is 311 g/mol. The summed E-state index contributed by atoms with van der Waals surface area (Å²) in [5.74, 6) is -1.02. The fourth-order valence-electron chi connectivity index (χ4n) is 2.94. The van der Waals surface area contributed by atoms with Gasteiger partial charge in [-0.15, -0.1) is 11.3 Å². The molecule has 1 N–H and O–H groups in total. The van der Waals surface area contributed by atoms with Crippen molar-refractivity contribution in [3.05, 3.63) is 58.3 Å². The number of benzene rings is 1. The molecule has 3 heterocycles. The summed E-state index contributed by atoms with van der Waals surface area (Å²) in [6, 6.07) is 13.1. The lowest BCUT2D eigenvalue weighted by molar-refractivity contribution is -0.126. The van der Waals surface area contributed by atoms with Gasteiger partial charge in [-0.2, -0.15) is 5.10 Å². The first kappa shape index (κ1) is 13.2. The SMILES string of the molecule is O=C1NC(=O)[C@@H]2[C@H]1C(c1cccs1)=NN2Cc1ccccc1. The van der Waals surface area contributed by atoms with Gasteiger partial charge in [0.05, 0.1) is 17.1 Å². The summed E-state index contributed by atoms with van der Waals surface area (Å²) in [6.07, 6.45) is 0. The van der Waals surface area contributed by atoms with Crippen LogP contribution in [0.3, 0.4) is 0 Å². The van der Waals surface area contributed by atoms with Gasteiger partial charge in [0.2, 0.25) is 5.91 Å². The Morgan fingerprint density at radius 1 is 1.09 bits per heavy atom. The molecule has 2 aromatic rings. The van der Waals surface area contributed by atoms with Crippen molar-refractivity contribution in [3.8, 4) is 0 Å². The van der Waals surface area contributed by atoms with Crippen LogP contribution in [0.15, 0.2) is 52.9 Å². The quantitative estimate of drug-likeness (QED) is 0.876. The highest BCUT2D eigenvalue weighted by Crippen LogP contribution is 2.32. The first-order valence-electron chi connectivity index (χ1n) is 7.02. The number of thiophene rings is 1. The van der Waals surface area contributed by atoms with Crippen LogP contribution >= 0.6 is 11.3 Å². The minimum atomic E-state index is -0.537. The fraction of sp³-hybridized carbons (Fsp3) is 0.188. The molecule has 1 saturated heterocycles. The molecule has 2 aliphatic heterocycles. The monoisotopic (exact) mass is 311 g/mol. The van der Waals surface area contributed by atoms with Crippen LogP contribution < -0.4 is 5.32 Å². The number of imide groups is 1. The highest BCUT2D eigenvalue weighted by Gasteiger charge is 2.52. The van der Waals surface area contributed by atoms with Crippen molar-refractivity contribution in [1.82, 2.24) is 10.3 Å². The van der Waals surface area contributed by atoms with Crippen molar-refractivity contribution in [2.24, 2.45) is 11.0 Å². The third-order valence-electron chi connectivity index (χ3n) is 3.93. The molecule has 0 spiro atoms. The highest BCUT2D eigenvalue weighted by atomic mass is 32.1. The second-order valence-corrected chi connectivity index (χ2v) is 6.27. The standard InChI is InChI=1S/C16H13N3O2S/c20-15-12-13(11-7-4-8-22-11)18-19(14(12)16(21)17-15)9-10-5-2-1-3-6-10/h1-8,12,14H,9H2,(H,17,20,21)/t12-,14+/m1/s1. The number of hydrogen-bond donors (Lipinski definition) is 1. The Labute approximate surface area is 131 Å². The zero-order valence-electron chi connectivity index (χ0n) is 11.6. The van der Waals surface area contributed by atoms with E-state index in [0.717, 1.165) is 10.4 Å². The summed E-state index contributed by atoms with van der Waals surface area (Å²) >= 11 is 1.53. The number of carbonyl (C=O) groups excluding carboxylic acids is 2. The van der Waals surface area contributed by atoms with Crippen LogP contribution in [0.5, 0.6) is 0 Å². The van der Waals surface area contributed by atoms with Crippen LogP contribution in [0, 0.1) is 5.92 Å². The predicted molar refractivity (Wildman–Crippen MR) is 83.3 cm³/mol. The molecular formula is C16H13N3O2S. The van der Waals surface area contributed by atoms with Crippen molar-refractivity contribution in [1.29, 1.82) is 0 Å². The van der Waals surface area contributed by atoms with Crippen LogP contribution in [0.2, 0.25) is 0 Å². The van der Waals surface area contributed by atoms with E-state index in [1.54, 1.807) is 5.01 Å². The third kappa shape index (κ3) is 2.03. The minimum Gasteiger partial charge on any atom is -0.294 e. The molecular weight excluding hydrogens is 298 g/mol. The Bertz CT molecular complexity index is 755. The molecule has 22 heavy (non-hydrogen) atoms. The average Bonchev–Trinajstić information content (AvgIpc) is 3.20. The van der Waals surface area contributed by atoms with E-state index in [9.17, 15) is 9.59 Å². The lowest BCUT2D eigenvalue weighted by Crippen LogP contribution is -2.37. The van der Waals surface area contributed by atoms with Gasteiger partial charge < -0.3 is 0 Å². The second kappa shape index (κ2) is 5.06. The largest absolute Gasteiger partial charge is 0.294 e. The Hall–Kier alpha value is -2.47. The van der Waals surface area contributed by atoms with E-state index in [1.165, 1.54) is 11.3 Å². The Kier molecular flexibility index (Phi) is 3.04. The number of fused-ring (bicyclic) bond motifs is 1. The summed E-state index contributed by atoms with van der Waals surface area (Å²) in [5.41, 5.74) is 1.75. The summed E-state index contributed by atoms with van der Waals surface area (Å²) in [7, 11) is 0. The molecule has 2 amide bonds. The van der Waals surface area contributed by atoms with Crippen molar-refractivity contribution in [3.63, 3.8) is 0 Å². The van der Waals surface area contributed by atoms with Crippen LogP contribution in [-0.4, -0.2) is 28.6 Å². The van der Waals surface area contributed by atoms with Gasteiger partial charge >= 0.3 is 0 Å². The second-order valence-electron chi connectivity index (χ2n) is 5.32. The van der Waals surface area contributed by atoms with Crippen LogP contribution in [-0.2, 0) is 16.1 Å². The fourth-order valence-corrected chi connectivity index (χ4v) is 3.69. The Balaban J connectivity index is 1.71. The molecule has 6 heteroatoms. The van der Waals surface area contributed by atoms with Gasteiger partial charge in [-0.05, 0) is 17.0 Å². The Morgan fingerprint density at radius 2 is 1.91 bits per heavy atom. The molecule has 0 radical (unpaired) electrons. The van der Waals surface area contributed by atoms with Crippen molar-refractivity contribution < 1.29 is 9.59 Å². The van der Waals surface area contributed by atoms with Gasteiger partial charge in [0.25, 0.3) is 5.91 Å². The van der Waals surface area contributed by atoms with Crippen molar-refractivity contribution >= 4 is 28.9 Å². The highest BCUT2D eigenvalue weighted by molar-refractivity contribution is 7.12. The molecule has 1 aromatic heterocycles. The van der Waals surface area contributed by atoms with Crippen molar-refractivity contribution in [2.45, 2.75) is 12.6 Å². The van der Waals surface area contributed by atoms with E-state index in [-0.39, 0.29) is 11.8 Å². The van der Waals surface area contributed by atoms with E-state index in [2.05, 4.69) is 10.4 Å². The van der Waals surface area contributed by atoms with E-state index < -0.39 is 12.0 Å². The van der Waals surface area contributed by atoms with Gasteiger partial charge in [0.15, 0.2) is 0 Å². The molecule has 5 nitrogen and oxygen atoms in total. The number of hydrogen-bond acceptors (Lipinski definition) is 5. The molecule has 0 bridgehead atoms. The van der Waals surface area contributed by atoms with Gasteiger partial charge in [-0.25, -0.2) is 0 Å². The molecule has 1 aromatic carbocycles. The number of carbonyl (C=O) groups is 2. The lowest BCUT2D eigenvalue weighted by atomic mass is 9.97. The number of nitrogens with zero attached hydrogens (tertiary/aromatic N) is 2. The molecule has 2 aliphatic rings. The van der Waals surface area contributed by atoms with Crippen molar-refractivity contribution in [2.75, 3.05) is 0 Å². The molecule has 4 rings (SSSR count). The van der Waals surface area contributed by atoms with E-state index >= 15 is 0 Å². The van der Waals surface area contributed by atoms with Crippen LogP contribution in [0.4, 0.5) is 0 Å². The van der Waals surface area contributed by atoms with Crippen LogP contribution in [0.25, 0.3) is 0 Å². The van der Waals surface area contributed by atoms with E-state index in [4.69, 9.17) is 0 Å². The summed E-state index contributed by atoms with van der Waals surface area (Å²) in [4.78, 5) is 25.2. The molecule has 0 aliphatic carbocycles. The van der Waals surface area contributed by atoms with Gasteiger partial charge in [0, 0.05) is 0 Å². The van der Waals surface area contributed by atoms with Crippen LogP contribution in [0.1, 0.15) is 10.4 Å². The number of amides is 2. The number of nitrogens with one attached hydrogen (secondary N) is 1. The number of rotatable bonds is 3. The molecule has 110 valence electrons. The topological polar surface area (TPSA) is 61.8 Å². The maximum Gasteiger partial charge on any atom is 0.252 e. The summed E-state index contributed by atoms with van der Waals surface area (Å²) in [5, 5.41) is 10.7. The van der Waals surface area contributed by atoms with E-state index in [0.29, 0.717) is 12.3 Å². The zero-order valence-corrected chi connectivity index (χ0v) is 12.4. The first-order chi connectivity index (χ1) is 10.7. The smallest absolute Gasteiger partial charge is 0.252 e. The molecule has 2 atom stereocenters. The summed E-state index contributed by atoms with van der Waals surface area (Å²) in [6.45, 7) is 0.511. The molecule has 0 unspecified atom stereocenters. The van der Waals surface area contributed by atoms with Gasteiger partial charge in [-0.3, -0.25) is 19.9 Å². The lowest BCUT2D eigenvalue weighted by Gasteiger charge is -2.20. The maximum absolute atomic E-state index is 12.1. The maximum atomic E-state index is 12.1. The third-order valence-corrected chi connectivity index (χ3v) is 4.82. The normalized spacial score (nSPS) is 23.5. The van der Waals surface area contributed by atoms with Gasteiger partial charge in [-0.1, -0.05) is 36.4 Å². The molecule has 1 fully saturated rings. The van der Waals surface area contributed by atoms with Gasteiger partial charge in [0.1, 0.15) is 12.0 Å². The zero-order chi connectivity index (χ0) is 15.1. The Morgan fingerprint density at radius 3 is 2.64 bits per heavy atom. The summed E-state index contributed by atoms with van der Waals surface area (Å²) < 4.78 is 0. The number of hydrazone groups is 1. The predicted octanol–water partition coefficient (Wildman–Crippen LogP) is 1.61. The first-order valence-corrected chi connectivity index (χ1v) is 7.89. The van der Waals surface area contributed by atoms with E-state index in [1.807, 2.05) is 47.8 Å². The molecule has 0 saturated carbocycles. The minimum absolute atomic E-state index is 0.252.